The molecule has 1 heterocycles. The van der Waals surface area contributed by atoms with Crippen molar-refractivity contribution in [1.29, 1.82) is 0 Å². The number of nitrogens with zero attached hydrogens (tertiary/aromatic N) is 1. The van der Waals surface area contributed by atoms with Gasteiger partial charge in [-0.05, 0) is 24.6 Å². The molecule has 0 saturated carbocycles. The lowest BCUT2D eigenvalue weighted by molar-refractivity contribution is 0.419. The van der Waals surface area contributed by atoms with Gasteiger partial charge in [0, 0.05) is 10.9 Å². The van der Waals surface area contributed by atoms with Gasteiger partial charge >= 0.3 is 0 Å². The number of aryl methyl sites for hydroxylation is 1. The lowest BCUT2D eigenvalue weighted by Gasteiger charge is -2.13. The third-order valence-corrected chi connectivity index (χ3v) is 3.58. The van der Waals surface area contributed by atoms with Crippen molar-refractivity contribution in [2.75, 3.05) is 12.5 Å². The first-order valence-electron chi connectivity index (χ1n) is 6.75. The van der Waals surface area contributed by atoms with Crippen molar-refractivity contribution >= 4 is 16.6 Å². The van der Waals surface area contributed by atoms with Crippen LogP contribution >= 0.6 is 0 Å². The molecule has 3 rings (SSSR count). The van der Waals surface area contributed by atoms with Gasteiger partial charge < -0.3 is 10.2 Å². The molecule has 4 heteroatoms. The largest absolute Gasteiger partial charge is 0.494 e. The number of hydrazine groups is 1. The van der Waals surface area contributed by atoms with E-state index in [4.69, 9.17) is 15.6 Å². The molecule has 0 saturated heterocycles. The number of nitrogen functional groups attached to an aromatic ring is 1. The van der Waals surface area contributed by atoms with Gasteiger partial charge in [-0.3, -0.25) is 5.84 Å². The number of hydrogen-bond donors (Lipinski definition) is 2. The normalized spacial score (nSPS) is 10.6. The van der Waals surface area contributed by atoms with Crippen LogP contribution in [0.5, 0.6) is 5.75 Å². The minimum Gasteiger partial charge on any atom is -0.494 e. The molecular weight excluding hydrogens is 262 g/mol. The van der Waals surface area contributed by atoms with Crippen LogP contribution in [0.1, 0.15) is 5.56 Å². The fourth-order valence-electron chi connectivity index (χ4n) is 2.52. The van der Waals surface area contributed by atoms with Crippen molar-refractivity contribution < 1.29 is 4.74 Å². The Morgan fingerprint density at radius 2 is 1.86 bits per heavy atom. The van der Waals surface area contributed by atoms with Crippen LogP contribution in [0.4, 0.5) is 5.69 Å². The zero-order valence-corrected chi connectivity index (χ0v) is 12.1. The van der Waals surface area contributed by atoms with Crippen LogP contribution in [-0.2, 0) is 0 Å². The summed E-state index contributed by atoms with van der Waals surface area (Å²) in [6.07, 6.45) is 0. The number of nitrogens with two attached hydrogens (primary N) is 1. The summed E-state index contributed by atoms with van der Waals surface area (Å²) in [6.45, 7) is 2.03. The standard InChI is InChI=1S/C17H17N3O/c1-11-8-9-15(21-2)17-16(11)14(20-18)10-13(19-17)12-6-4-3-5-7-12/h3-10H,18H2,1-2H3,(H,19,20). The van der Waals surface area contributed by atoms with Crippen molar-refractivity contribution in [2.45, 2.75) is 6.92 Å². The highest BCUT2D eigenvalue weighted by atomic mass is 16.5. The van der Waals surface area contributed by atoms with E-state index in [1.165, 1.54) is 0 Å². The Bertz CT molecular complexity index is 785. The highest BCUT2D eigenvalue weighted by Gasteiger charge is 2.12. The molecule has 3 aromatic rings. The number of anilines is 1. The number of methoxy groups -OCH3 is 1. The molecule has 4 nitrogen and oxygen atoms in total. The third kappa shape index (κ3) is 2.30. The maximum Gasteiger partial charge on any atom is 0.145 e. The van der Waals surface area contributed by atoms with E-state index >= 15 is 0 Å². The first-order chi connectivity index (χ1) is 10.2. The third-order valence-electron chi connectivity index (χ3n) is 3.58. The van der Waals surface area contributed by atoms with Gasteiger partial charge in [-0.25, -0.2) is 4.98 Å². The Balaban J connectivity index is 2.35. The monoisotopic (exact) mass is 279 g/mol. The number of aromatic nitrogens is 1. The van der Waals surface area contributed by atoms with Crippen LogP contribution in [0.3, 0.4) is 0 Å². The molecule has 0 spiro atoms. The van der Waals surface area contributed by atoms with Crippen LogP contribution in [0.2, 0.25) is 0 Å². The molecular formula is C17H17N3O. The Morgan fingerprint density at radius 1 is 1.10 bits per heavy atom. The topological polar surface area (TPSA) is 60.2 Å². The predicted octanol–water partition coefficient (Wildman–Crippen LogP) is 3.50. The summed E-state index contributed by atoms with van der Waals surface area (Å²) >= 11 is 0. The zero-order valence-electron chi connectivity index (χ0n) is 12.1. The smallest absolute Gasteiger partial charge is 0.145 e. The Morgan fingerprint density at radius 3 is 2.52 bits per heavy atom. The molecule has 1 aromatic heterocycles. The highest BCUT2D eigenvalue weighted by molar-refractivity contribution is 5.99. The number of pyridine rings is 1. The van der Waals surface area contributed by atoms with Gasteiger partial charge in [-0.2, -0.15) is 0 Å². The maximum absolute atomic E-state index is 5.70. The quantitative estimate of drug-likeness (QED) is 0.569. The number of hydrogen-bond acceptors (Lipinski definition) is 4. The number of ether oxygens (including phenoxy) is 1. The average Bonchev–Trinajstić information content (AvgIpc) is 2.55. The Hall–Kier alpha value is -2.59. The van der Waals surface area contributed by atoms with Gasteiger partial charge in [0.25, 0.3) is 0 Å². The van der Waals surface area contributed by atoms with E-state index in [0.29, 0.717) is 0 Å². The molecule has 0 bridgehead atoms. The lowest BCUT2D eigenvalue weighted by Crippen LogP contribution is -2.08. The summed E-state index contributed by atoms with van der Waals surface area (Å²) in [4.78, 5) is 4.77. The van der Waals surface area contributed by atoms with E-state index in [1.807, 2.05) is 55.5 Å². The van der Waals surface area contributed by atoms with Crippen molar-refractivity contribution in [2.24, 2.45) is 5.84 Å². The van der Waals surface area contributed by atoms with Gasteiger partial charge in [-0.15, -0.1) is 0 Å². The summed E-state index contributed by atoms with van der Waals surface area (Å²) in [5.41, 5.74) is 7.44. The van der Waals surface area contributed by atoms with Crippen molar-refractivity contribution in [3.8, 4) is 17.0 Å². The molecule has 21 heavy (non-hydrogen) atoms. The fourth-order valence-corrected chi connectivity index (χ4v) is 2.52. The van der Waals surface area contributed by atoms with E-state index < -0.39 is 0 Å². The number of fused-ring (bicyclic) bond motifs is 1. The molecule has 3 N–H and O–H groups in total. The van der Waals surface area contributed by atoms with E-state index in [2.05, 4.69) is 5.43 Å². The fraction of sp³-hybridized carbons (Fsp3) is 0.118. The highest BCUT2D eigenvalue weighted by Crippen LogP contribution is 2.34. The average molecular weight is 279 g/mol. The SMILES string of the molecule is COc1ccc(C)c2c(NN)cc(-c3ccccc3)nc12. The number of nitrogens with one attached hydrogen (secondary N) is 1. The van der Waals surface area contributed by atoms with Crippen LogP contribution in [0.25, 0.3) is 22.2 Å². The molecule has 106 valence electrons. The van der Waals surface area contributed by atoms with Gasteiger partial charge in [0.15, 0.2) is 0 Å². The van der Waals surface area contributed by atoms with Gasteiger partial charge in [0.05, 0.1) is 18.5 Å². The molecule has 0 aliphatic heterocycles. The molecule has 0 aliphatic carbocycles. The van der Waals surface area contributed by atoms with Crippen molar-refractivity contribution in [3.63, 3.8) is 0 Å². The van der Waals surface area contributed by atoms with E-state index in [9.17, 15) is 0 Å². The summed E-state index contributed by atoms with van der Waals surface area (Å²) < 4.78 is 5.44. The zero-order chi connectivity index (χ0) is 14.8. The maximum atomic E-state index is 5.70. The Labute approximate surface area is 123 Å². The molecule has 0 aliphatic rings. The van der Waals surface area contributed by atoms with Crippen LogP contribution < -0.4 is 16.0 Å². The van der Waals surface area contributed by atoms with E-state index in [-0.39, 0.29) is 0 Å². The first kappa shape index (κ1) is 13.4. The minimum absolute atomic E-state index is 0.741. The number of rotatable bonds is 3. The number of benzene rings is 2. The van der Waals surface area contributed by atoms with Crippen LogP contribution in [0, 0.1) is 6.92 Å². The van der Waals surface area contributed by atoms with Crippen molar-refractivity contribution in [1.82, 2.24) is 4.98 Å². The summed E-state index contributed by atoms with van der Waals surface area (Å²) in [6, 6.07) is 15.9. The second kappa shape index (κ2) is 5.42. The minimum atomic E-state index is 0.741. The first-order valence-corrected chi connectivity index (χ1v) is 6.75. The van der Waals surface area contributed by atoms with Crippen LogP contribution in [-0.4, -0.2) is 12.1 Å². The van der Waals surface area contributed by atoms with Crippen LogP contribution in [0.15, 0.2) is 48.5 Å². The van der Waals surface area contributed by atoms with E-state index in [0.717, 1.165) is 39.2 Å². The molecule has 0 amide bonds. The lowest BCUT2D eigenvalue weighted by atomic mass is 10.0. The molecule has 0 unspecified atom stereocenters. The van der Waals surface area contributed by atoms with Gasteiger partial charge in [0.1, 0.15) is 11.3 Å². The second-order valence-corrected chi connectivity index (χ2v) is 4.87. The summed E-state index contributed by atoms with van der Waals surface area (Å²) in [7, 11) is 1.65. The van der Waals surface area contributed by atoms with E-state index in [1.54, 1.807) is 7.11 Å². The van der Waals surface area contributed by atoms with Crippen molar-refractivity contribution in [3.05, 3.63) is 54.1 Å². The second-order valence-electron chi connectivity index (χ2n) is 4.87. The molecule has 0 atom stereocenters. The Kier molecular flexibility index (Phi) is 3.46. The summed E-state index contributed by atoms with van der Waals surface area (Å²) in [5.74, 6) is 6.45. The molecule has 0 fully saturated rings. The van der Waals surface area contributed by atoms with Gasteiger partial charge in [-0.1, -0.05) is 36.4 Å². The van der Waals surface area contributed by atoms with Gasteiger partial charge in [0.2, 0.25) is 0 Å². The molecule has 0 radical (unpaired) electrons. The molecule has 2 aromatic carbocycles. The predicted molar refractivity (Wildman–Crippen MR) is 86.3 cm³/mol. The summed E-state index contributed by atoms with van der Waals surface area (Å²) in [5, 5.41) is 0.983.